The molecule has 8 N–H and O–H groups in total. The predicted octanol–water partition coefficient (Wildman–Crippen LogP) is -3.28. The molecule has 1 heterocycles. The second kappa shape index (κ2) is 3.85. The van der Waals surface area contributed by atoms with Crippen molar-refractivity contribution in [3.8, 4) is 0 Å². The van der Waals surface area contributed by atoms with Crippen LogP contribution >= 0.6 is 10.4 Å². The zero-order chi connectivity index (χ0) is 10.9. The zero-order valence-corrected chi connectivity index (χ0v) is 9.50. The summed E-state index contributed by atoms with van der Waals surface area (Å²) in [6.45, 7) is 0. The number of hydrogen-bond acceptors (Lipinski definition) is 8. The van der Waals surface area contributed by atoms with Crippen molar-refractivity contribution in [1.29, 1.82) is 0 Å². The zero-order valence-electron chi connectivity index (χ0n) is 6.81. The van der Waals surface area contributed by atoms with Gasteiger partial charge in [0, 0.05) is 0 Å². The second-order valence-electron chi connectivity index (χ2n) is 2.27. The van der Waals surface area contributed by atoms with Crippen LogP contribution in [0.4, 0.5) is 0 Å². The van der Waals surface area contributed by atoms with Crippen LogP contribution in [0.25, 0.3) is 0 Å². The first-order valence-electron chi connectivity index (χ1n) is 3.27. The van der Waals surface area contributed by atoms with Crippen molar-refractivity contribution in [2.24, 2.45) is 27.2 Å². The van der Waals surface area contributed by atoms with Gasteiger partial charge in [0.05, 0.1) is 0 Å². The van der Waals surface area contributed by atoms with Gasteiger partial charge in [-0.25, -0.2) is 0 Å². The molecule has 0 bridgehead atoms. The third-order valence-electron chi connectivity index (χ3n) is 1.15. The van der Waals surface area contributed by atoms with Gasteiger partial charge in [0.15, 0.2) is 0 Å². The van der Waals surface area contributed by atoms with Gasteiger partial charge in [-0.05, 0) is 0 Å². The molecule has 1 aliphatic heterocycles. The van der Waals surface area contributed by atoms with E-state index in [0.717, 1.165) is 0 Å². The third kappa shape index (κ3) is 2.94. The summed E-state index contributed by atoms with van der Waals surface area (Å²) < 4.78 is 22.3. The quantitative estimate of drug-likeness (QED) is 0.330. The van der Waals surface area contributed by atoms with Gasteiger partial charge < -0.3 is 0 Å². The van der Waals surface area contributed by atoms with E-state index in [2.05, 4.69) is 24.2 Å². The van der Waals surface area contributed by atoms with Crippen LogP contribution in [0.5, 0.6) is 0 Å². The van der Waals surface area contributed by atoms with E-state index in [4.69, 9.17) is 25.4 Å². The predicted molar refractivity (Wildman–Crippen MR) is 51.9 cm³/mol. The average Bonchev–Trinajstić information content (AvgIpc) is 1.95. The van der Waals surface area contributed by atoms with Gasteiger partial charge in [0.2, 0.25) is 0 Å². The van der Waals surface area contributed by atoms with Gasteiger partial charge in [0.1, 0.15) is 0 Å². The molecule has 0 aromatic rings. The van der Waals surface area contributed by atoms with Crippen LogP contribution in [-0.4, -0.2) is 44.4 Å². The Hall–Kier alpha value is -0.642. The van der Waals surface area contributed by atoms with Gasteiger partial charge in [-0.2, -0.15) is 0 Å². The maximum atomic E-state index is 8.90. The summed E-state index contributed by atoms with van der Waals surface area (Å²) in [5.74, 6) is -0.352. The van der Waals surface area contributed by atoms with Crippen molar-refractivity contribution < 1.29 is 12.0 Å². The molecule has 0 radical (unpaired) electrons. The number of rotatable bonds is 2. The molecule has 0 saturated carbocycles. The molecular formula is C3H9AsN6O3S. The standard InChI is InChI=1S/C3H9AsN6O3S/c5-1-8-2(6)10(3(7)9-1)13-4(11,12)14/h2H,6H2,(H2,11,12,14)(H4,5,7,8,9). The number of hydrogen-bond donors (Lipinski definition) is 5. The molecule has 0 spiro atoms. The SMILES string of the molecule is NC1=NC(N)N(O[As](O)(O)=S)C(N)=N1. The van der Waals surface area contributed by atoms with E-state index in [9.17, 15) is 0 Å². The first-order valence-corrected chi connectivity index (χ1v) is 8.38. The summed E-state index contributed by atoms with van der Waals surface area (Å²) in [4.78, 5) is 7.06. The molecule has 0 aromatic heterocycles. The number of hydroxylamine groups is 2. The summed E-state index contributed by atoms with van der Waals surface area (Å²) in [6, 6.07) is 0. The Balaban J connectivity index is 2.82. The van der Waals surface area contributed by atoms with Gasteiger partial charge in [0.25, 0.3) is 0 Å². The topological polar surface area (TPSA) is 156 Å². The van der Waals surface area contributed by atoms with Crippen LogP contribution < -0.4 is 17.2 Å². The van der Waals surface area contributed by atoms with Crippen LogP contribution in [0.2, 0.25) is 0 Å². The van der Waals surface area contributed by atoms with Crippen LogP contribution in [0.1, 0.15) is 0 Å². The van der Waals surface area contributed by atoms with Gasteiger partial charge in [-0.3, -0.25) is 0 Å². The normalized spacial score (nSPS) is 23.1. The Labute approximate surface area is 86.1 Å². The van der Waals surface area contributed by atoms with Crippen LogP contribution in [0, 0.1) is 0 Å². The van der Waals surface area contributed by atoms with Crippen molar-refractivity contribution in [3.05, 3.63) is 0 Å². The summed E-state index contributed by atoms with van der Waals surface area (Å²) in [7, 11) is 4.27. The molecule has 1 unspecified atom stereocenters. The fraction of sp³-hybridized carbons (Fsp3) is 0.333. The molecule has 0 amide bonds. The molecule has 0 aliphatic carbocycles. The van der Waals surface area contributed by atoms with E-state index in [1.807, 2.05) is 0 Å². The van der Waals surface area contributed by atoms with E-state index in [0.29, 0.717) is 5.06 Å². The minimum atomic E-state index is -4.51. The number of nitrogens with zero attached hydrogens (tertiary/aromatic N) is 3. The van der Waals surface area contributed by atoms with Gasteiger partial charge in [-0.1, -0.05) is 0 Å². The van der Waals surface area contributed by atoms with Crippen LogP contribution in [0.15, 0.2) is 9.98 Å². The van der Waals surface area contributed by atoms with E-state index >= 15 is 0 Å². The van der Waals surface area contributed by atoms with Gasteiger partial charge in [-0.15, -0.1) is 0 Å². The molecule has 0 saturated heterocycles. The molecule has 1 atom stereocenters. The first kappa shape index (κ1) is 11.4. The van der Waals surface area contributed by atoms with E-state index in [1.165, 1.54) is 0 Å². The van der Waals surface area contributed by atoms with Crippen molar-refractivity contribution in [3.63, 3.8) is 0 Å². The Morgan fingerprint density at radius 2 is 2.07 bits per heavy atom. The van der Waals surface area contributed by atoms with Crippen molar-refractivity contribution >= 4 is 35.2 Å². The molecule has 9 nitrogen and oxygen atoms in total. The molecule has 11 heteroatoms. The number of guanidine groups is 2. The van der Waals surface area contributed by atoms with Crippen molar-refractivity contribution in [2.45, 2.75) is 6.29 Å². The average molecular weight is 284 g/mol. The van der Waals surface area contributed by atoms with Crippen LogP contribution in [0.3, 0.4) is 0 Å². The Bertz CT molecular complexity index is 337. The second-order valence-corrected chi connectivity index (χ2v) is 7.14. The molecule has 1 aliphatic rings. The summed E-state index contributed by atoms with van der Waals surface area (Å²) in [5, 5.41) is 0.705. The molecule has 1 rings (SSSR count). The fourth-order valence-electron chi connectivity index (χ4n) is 0.724. The minimum absolute atomic E-state index is 0.119. The third-order valence-corrected chi connectivity index (χ3v) is 2.32. The van der Waals surface area contributed by atoms with E-state index < -0.39 is 19.2 Å². The maximum absolute atomic E-state index is 8.90. The van der Waals surface area contributed by atoms with Crippen molar-refractivity contribution in [2.75, 3.05) is 0 Å². The fourth-order valence-corrected chi connectivity index (χ4v) is 1.96. The van der Waals surface area contributed by atoms with Crippen LogP contribution in [-0.2, 0) is 3.83 Å². The molecule has 80 valence electrons. The summed E-state index contributed by atoms with van der Waals surface area (Å²) in [5.41, 5.74) is 16.0. The molecule has 0 fully saturated rings. The number of nitrogens with two attached hydrogens (primary N) is 3. The summed E-state index contributed by atoms with van der Waals surface area (Å²) in [6.07, 6.45) is -1.09. The van der Waals surface area contributed by atoms with E-state index in [-0.39, 0.29) is 11.9 Å². The Morgan fingerprint density at radius 3 is 2.50 bits per heavy atom. The van der Waals surface area contributed by atoms with Gasteiger partial charge >= 0.3 is 85.8 Å². The monoisotopic (exact) mass is 284 g/mol. The Morgan fingerprint density at radius 1 is 1.50 bits per heavy atom. The van der Waals surface area contributed by atoms with E-state index in [1.54, 1.807) is 0 Å². The molecule has 0 aromatic carbocycles. The molecule has 14 heavy (non-hydrogen) atoms. The summed E-state index contributed by atoms with van der Waals surface area (Å²) >= 11 is -4.51. The number of aliphatic imine (C=N–C) groups is 2. The van der Waals surface area contributed by atoms with Crippen molar-refractivity contribution in [1.82, 2.24) is 5.06 Å². The Kier molecular flexibility index (Phi) is 3.14. The first-order chi connectivity index (χ1) is 6.29. The molecular weight excluding hydrogens is 275 g/mol.